The highest BCUT2D eigenvalue weighted by atomic mass is 32.1. The fourth-order valence-electron chi connectivity index (χ4n) is 2.09. The molecule has 5 nitrogen and oxygen atoms in total. The highest BCUT2D eigenvalue weighted by Crippen LogP contribution is 2.29. The second kappa shape index (κ2) is 6.62. The number of hydrogen-bond acceptors (Lipinski definition) is 5. The summed E-state index contributed by atoms with van der Waals surface area (Å²) in [6.45, 7) is 2.57. The molecule has 1 amide bonds. The summed E-state index contributed by atoms with van der Waals surface area (Å²) < 4.78 is 11.7. The number of anilines is 1. The maximum atomic E-state index is 11.9. The first-order valence-electron chi connectivity index (χ1n) is 7.10. The largest absolute Gasteiger partial charge is 0.494 e. The molecule has 3 rings (SSSR count). The second-order valence-electron chi connectivity index (χ2n) is 4.71. The third-order valence-corrected chi connectivity index (χ3v) is 4.03. The van der Waals surface area contributed by atoms with Gasteiger partial charge in [-0.25, -0.2) is 4.98 Å². The Morgan fingerprint density at radius 2 is 2.32 bits per heavy atom. The van der Waals surface area contributed by atoms with Crippen LogP contribution >= 0.6 is 11.3 Å². The number of ether oxygens (including phenoxy) is 1. The van der Waals surface area contributed by atoms with Crippen molar-refractivity contribution in [2.45, 2.75) is 19.8 Å². The van der Waals surface area contributed by atoms with Crippen LogP contribution in [0.3, 0.4) is 0 Å². The number of rotatable bonds is 6. The SMILES string of the molecule is CCOc1ccc2nc(NC(=O)CCc3ccco3)sc2c1. The van der Waals surface area contributed by atoms with Gasteiger partial charge in [0, 0.05) is 12.8 Å². The number of furan rings is 1. The van der Waals surface area contributed by atoms with Crippen LogP contribution in [0.15, 0.2) is 41.0 Å². The molecule has 0 radical (unpaired) electrons. The van der Waals surface area contributed by atoms with Crippen molar-refractivity contribution in [3.05, 3.63) is 42.4 Å². The number of thiazole rings is 1. The summed E-state index contributed by atoms with van der Waals surface area (Å²) in [6, 6.07) is 9.40. The number of carbonyl (C=O) groups is 1. The van der Waals surface area contributed by atoms with Crippen LogP contribution in [-0.2, 0) is 11.2 Å². The first kappa shape index (κ1) is 14.6. The molecule has 0 atom stereocenters. The Morgan fingerprint density at radius 3 is 3.09 bits per heavy atom. The maximum absolute atomic E-state index is 11.9. The number of nitrogens with one attached hydrogen (secondary N) is 1. The molecule has 0 saturated heterocycles. The second-order valence-corrected chi connectivity index (χ2v) is 5.74. The van der Waals surface area contributed by atoms with Gasteiger partial charge in [0.15, 0.2) is 5.13 Å². The molecule has 0 aliphatic rings. The normalized spacial score (nSPS) is 10.8. The van der Waals surface area contributed by atoms with Gasteiger partial charge in [0.25, 0.3) is 0 Å². The zero-order chi connectivity index (χ0) is 15.4. The standard InChI is InChI=1S/C16H16N2O3S/c1-2-20-12-5-7-13-14(10-12)22-16(17-13)18-15(19)8-6-11-4-3-9-21-11/h3-5,7,9-10H,2,6,8H2,1H3,(H,17,18,19). The van der Waals surface area contributed by atoms with Gasteiger partial charge >= 0.3 is 0 Å². The molecule has 0 saturated carbocycles. The highest BCUT2D eigenvalue weighted by molar-refractivity contribution is 7.22. The van der Waals surface area contributed by atoms with E-state index >= 15 is 0 Å². The molecular formula is C16H16N2O3S. The van der Waals surface area contributed by atoms with E-state index in [2.05, 4.69) is 10.3 Å². The third-order valence-electron chi connectivity index (χ3n) is 3.10. The Hall–Kier alpha value is -2.34. The summed E-state index contributed by atoms with van der Waals surface area (Å²) >= 11 is 1.44. The minimum atomic E-state index is -0.0690. The minimum absolute atomic E-state index is 0.0690. The highest BCUT2D eigenvalue weighted by Gasteiger charge is 2.09. The number of nitrogens with zero attached hydrogens (tertiary/aromatic N) is 1. The van der Waals surface area contributed by atoms with Gasteiger partial charge in [-0.2, -0.15) is 0 Å². The average Bonchev–Trinajstić information content (AvgIpc) is 3.13. The van der Waals surface area contributed by atoms with Crippen molar-refractivity contribution in [1.29, 1.82) is 0 Å². The lowest BCUT2D eigenvalue weighted by molar-refractivity contribution is -0.116. The molecule has 0 spiro atoms. The van der Waals surface area contributed by atoms with E-state index < -0.39 is 0 Å². The lowest BCUT2D eigenvalue weighted by atomic mass is 10.2. The van der Waals surface area contributed by atoms with E-state index in [0.717, 1.165) is 21.7 Å². The lowest BCUT2D eigenvalue weighted by Gasteiger charge is -2.00. The van der Waals surface area contributed by atoms with Crippen LogP contribution in [0.25, 0.3) is 10.2 Å². The fourth-order valence-corrected chi connectivity index (χ4v) is 3.00. The van der Waals surface area contributed by atoms with E-state index in [1.165, 1.54) is 11.3 Å². The molecule has 22 heavy (non-hydrogen) atoms. The molecule has 0 unspecified atom stereocenters. The van der Waals surface area contributed by atoms with Gasteiger partial charge < -0.3 is 14.5 Å². The first-order valence-corrected chi connectivity index (χ1v) is 7.92. The predicted octanol–water partition coefficient (Wildman–Crippen LogP) is 3.86. The minimum Gasteiger partial charge on any atom is -0.494 e. The average molecular weight is 316 g/mol. The van der Waals surface area contributed by atoms with Crippen molar-refractivity contribution in [3.8, 4) is 5.75 Å². The Bertz CT molecular complexity index is 765. The van der Waals surface area contributed by atoms with Crippen LogP contribution in [0, 0.1) is 0 Å². The summed E-state index contributed by atoms with van der Waals surface area (Å²) in [6.07, 6.45) is 2.56. The summed E-state index contributed by atoms with van der Waals surface area (Å²) in [5, 5.41) is 3.44. The molecule has 0 fully saturated rings. The van der Waals surface area contributed by atoms with Crippen LogP contribution in [0.1, 0.15) is 19.1 Å². The maximum Gasteiger partial charge on any atom is 0.226 e. The molecule has 2 heterocycles. The Kier molecular flexibility index (Phi) is 4.39. The van der Waals surface area contributed by atoms with Gasteiger partial charge in [-0.15, -0.1) is 0 Å². The molecular weight excluding hydrogens is 300 g/mol. The van der Waals surface area contributed by atoms with Crippen LogP contribution < -0.4 is 10.1 Å². The van der Waals surface area contributed by atoms with E-state index in [1.807, 2.05) is 37.3 Å². The van der Waals surface area contributed by atoms with Gasteiger partial charge in [-0.3, -0.25) is 4.79 Å². The summed E-state index contributed by atoms with van der Waals surface area (Å²) in [5.41, 5.74) is 0.856. The van der Waals surface area contributed by atoms with Crippen LogP contribution in [0.2, 0.25) is 0 Å². The van der Waals surface area contributed by atoms with Crippen LogP contribution in [0.5, 0.6) is 5.75 Å². The third kappa shape index (κ3) is 3.46. The molecule has 6 heteroatoms. The zero-order valence-corrected chi connectivity index (χ0v) is 13.0. The Balaban J connectivity index is 1.64. The number of hydrogen-bond donors (Lipinski definition) is 1. The number of amides is 1. The van der Waals surface area contributed by atoms with Crippen molar-refractivity contribution >= 4 is 32.6 Å². The molecule has 2 aromatic heterocycles. The van der Waals surface area contributed by atoms with Crippen molar-refractivity contribution in [2.75, 3.05) is 11.9 Å². The molecule has 0 bridgehead atoms. The van der Waals surface area contributed by atoms with Crippen molar-refractivity contribution < 1.29 is 13.9 Å². The summed E-state index contributed by atoms with van der Waals surface area (Å²) in [5.74, 6) is 1.55. The van der Waals surface area contributed by atoms with Gasteiger partial charge in [0.1, 0.15) is 11.5 Å². The number of fused-ring (bicyclic) bond motifs is 1. The van der Waals surface area contributed by atoms with Crippen molar-refractivity contribution in [2.24, 2.45) is 0 Å². The Labute approximate surface area is 131 Å². The summed E-state index contributed by atoms with van der Waals surface area (Å²) in [7, 11) is 0. The molecule has 1 aromatic carbocycles. The topological polar surface area (TPSA) is 64.4 Å². The number of carbonyl (C=O) groups excluding carboxylic acids is 1. The van der Waals surface area contributed by atoms with E-state index in [9.17, 15) is 4.79 Å². The number of aromatic nitrogens is 1. The quantitative estimate of drug-likeness (QED) is 0.750. The van der Waals surface area contributed by atoms with Gasteiger partial charge in [0.05, 0.1) is 23.1 Å². The van der Waals surface area contributed by atoms with Gasteiger partial charge in [0.2, 0.25) is 5.91 Å². The monoisotopic (exact) mass is 316 g/mol. The number of aryl methyl sites for hydroxylation is 1. The number of benzene rings is 1. The summed E-state index contributed by atoms with van der Waals surface area (Å²) in [4.78, 5) is 16.3. The zero-order valence-electron chi connectivity index (χ0n) is 12.2. The van der Waals surface area contributed by atoms with E-state index in [0.29, 0.717) is 24.6 Å². The van der Waals surface area contributed by atoms with Crippen LogP contribution in [-0.4, -0.2) is 17.5 Å². The smallest absolute Gasteiger partial charge is 0.226 e. The molecule has 114 valence electrons. The van der Waals surface area contributed by atoms with Crippen LogP contribution in [0.4, 0.5) is 5.13 Å². The van der Waals surface area contributed by atoms with E-state index in [-0.39, 0.29) is 5.91 Å². The lowest BCUT2D eigenvalue weighted by Crippen LogP contribution is -2.11. The van der Waals surface area contributed by atoms with Crippen molar-refractivity contribution in [3.63, 3.8) is 0 Å². The predicted molar refractivity (Wildman–Crippen MR) is 86.4 cm³/mol. The first-order chi connectivity index (χ1) is 10.7. The van der Waals surface area contributed by atoms with Crippen molar-refractivity contribution in [1.82, 2.24) is 4.98 Å². The molecule has 1 N–H and O–H groups in total. The molecule has 0 aliphatic heterocycles. The van der Waals surface area contributed by atoms with E-state index in [4.69, 9.17) is 9.15 Å². The van der Waals surface area contributed by atoms with Gasteiger partial charge in [-0.1, -0.05) is 11.3 Å². The molecule has 3 aromatic rings. The van der Waals surface area contributed by atoms with E-state index in [1.54, 1.807) is 6.26 Å². The Morgan fingerprint density at radius 1 is 1.41 bits per heavy atom. The van der Waals surface area contributed by atoms with Gasteiger partial charge in [-0.05, 0) is 37.3 Å². The fraction of sp³-hybridized carbons (Fsp3) is 0.250. The molecule has 0 aliphatic carbocycles.